The Morgan fingerprint density at radius 1 is 0.969 bits per heavy atom. The van der Waals surface area contributed by atoms with E-state index in [1.165, 1.54) is 11.3 Å². The minimum absolute atomic E-state index is 0.0945. The van der Waals surface area contributed by atoms with E-state index in [1.807, 2.05) is 66.9 Å². The molecule has 0 bridgehead atoms. The zero-order chi connectivity index (χ0) is 22.1. The van der Waals surface area contributed by atoms with Gasteiger partial charge >= 0.3 is 0 Å². The van der Waals surface area contributed by atoms with Crippen LogP contribution in [-0.2, 0) is 0 Å². The van der Waals surface area contributed by atoms with Gasteiger partial charge in [-0.15, -0.1) is 11.3 Å². The molecule has 5 rings (SSSR count). The summed E-state index contributed by atoms with van der Waals surface area (Å²) in [7, 11) is 0. The quantitative estimate of drug-likeness (QED) is 0.380. The third-order valence-electron chi connectivity index (χ3n) is 5.04. The lowest BCUT2D eigenvalue weighted by molar-refractivity contribution is 0.102. The monoisotopic (exact) mass is 438 g/mol. The van der Waals surface area contributed by atoms with Crippen LogP contribution in [0, 0.1) is 6.92 Å². The number of aromatic nitrogens is 3. The number of nitrogens with zero attached hydrogens (tertiary/aromatic N) is 3. The summed E-state index contributed by atoms with van der Waals surface area (Å²) in [6.07, 6.45) is 1.56. The molecule has 6 nitrogen and oxygen atoms in total. The highest BCUT2D eigenvalue weighted by molar-refractivity contribution is 7.12. The van der Waals surface area contributed by atoms with Gasteiger partial charge in [0.05, 0.1) is 22.3 Å². The molecule has 7 heteroatoms. The van der Waals surface area contributed by atoms with E-state index < -0.39 is 0 Å². The van der Waals surface area contributed by atoms with Gasteiger partial charge in [-0.05, 0) is 48.7 Å². The maximum Gasteiger partial charge on any atom is 0.255 e. The number of aryl methyl sites for hydroxylation is 1. The molecule has 5 aromatic rings. The fourth-order valence-corrected chi connectivity index (χ4v) is 4.22. The number of hydrogen-bond donors (Lipinski definition) is 1. The number of amides is 1. The molecule has 3 heterocycles. The number of carbonyl (C=O) groups is 2. The summed E-state index contributed by atoms with van der Waals surface area (Å²) in [5, 5.41) is 9.27. The number of nitrogens with one attached hydrogen (secondary N) is 1. The molecule has 0 unspecified atom stereocenters. The van der Waals surface area contributed by atoms with E-state index in [0.29, 0.717) is 27.3 Å². The number of anilines is 1. The maximum absolute atomic E-state index is 12.9. The Labute approximate surface area is 188 Å². The summed E-state index contributed by atoms with van der Waals surface area (Å²) in [6.45, 7) is 1.89. The molecular weight excluding hydrogens is 420 g/mol. The average molecular weight is 439 g/mol. The second-order valence-corrected chi connectivity index (χ2v) is 8.23. The van der Waals surface area contributed by atoms with Gasteiger partial charge in [-0.2, -0.15) is 5.10 Å². The van der Waals surface area contributed by atoms with E-state index >= 15 is 0 Å². The van der Waals surface area contributed by atoms with E-state index in [1.54, 1.807) is 28.9 Å². The highest BCUT2D eigenvalue weighted by atomic mass is 32.1. The van der Waals surface area contributed by atoms with Gasteiger partial charge in [-0.25, -0.2) is 9.50 Å². The van der Waals surface area contributed by atoms with Crippen LogP contribution in [0.25, 0.3) is 16.9 Å². The van der Waals surface area contributed by atoms with E-state index in [0.717, 1.165) is 17.0 Å². The molecule has 0 fully saturated rings. The third-order valence-corrected chi connectivity index (χ3v) is 5.91. The van der Waals surface area contributed by atoms with Gasteiger partial charge in [0.1, 0.15) is 0 Å². The van der Waals surface area contributed by atoms with Gasteiger partial charge in [-0.1, -0.05) is 36.4 Å². The highest BCUT2D eigenvalue weighted by Gasteiger charge is 2.19. The number of hydrogen-bond acceptors (Lipinski definition) is 5. The smallest absolute Gasteiger partial charge is 0.255 e. The molecule has 156 valence electrons. The minimum Gasteiger partial charge on any atom is -0.322 e. The summed E-state index contributed by atoms with van der Waals surface area (Å²) in [5.41, 5.74) is 4.64. The second-order valence-electron chi connectivity index (χ2n) is 7.28. The fourth-order valence-electron chi connectivity index (χ4n) is 3.54. The lowest BCUT2D eigenvalue weighted by Gasteiger charge is -2.10. The van der Waals surface area contributed by atoms with Crippen LogP contribution in [0.15, 0.2) is 84.4 Å². The van der Waals surface area contributed by atoms with E-state index in [-0.39, 0.29) is 11.7 Å². The van der Waals surface area contributed by atoms with Crippen molar-refractivity contribution in [3.05, 3.63) is 106 Å². The number of ketones is 1. The number of fused-ring (bicyclic) bond motifs is 1. The summed E-state index contributed by atoms with van der Waals surface area (Å²) in [4.78, 5) is 30.7. The molecule has 0 aliphatic carbocycles. The van der Waals surface area contributed by atoms with Crippen molar-refractivity contribution in [2.45, 2.75) is 6.92 Å². The summed E-state index contributed by atoms with van der Waals surface area (Å²) < 4.78 is 1.67. The first-order chi connectivity index (χ1) is 15.6. The van der Waals surface area contributed by atoms with Crippen molar-refractivity contribution in [2.75, 3.05) is 5.32 Å². The number of benzene rings is 2. The predicted molar refractivity (Wildman–Crippen MR) is 125 cm³/mol. The van der Waals surface area contributed by atoms with Crippen LogP contribution in [-0.4, -0.2) is 26.3 Å². The van der Waals surface area contributed by atoms with Crippen LogP contribution >= 0.6 is 11.3 Å². The molecule has 1 N–H and O–H groups in total. The largest absolute Gasteiger partial charge is 0.322 e. The molecule has 1 amide bonds. The van der Waals surface area contributed by atoms with Crippen LogP contribution in [0.5, 0.6) is 0 Å². The van der Waals surface area contributed by atoms with Gasteiger partial charge in [0.2, 0.25) is 5.78 Å². The van der Waals surface area contributed by atoms with Crippen LogP contribution in [0.1, 0.15) is 31.3 Å². The van der Waals surface area contributed by atoms with E-state index in [4.69, 9.17) is 0 Å². The van der Waals surface area contributed by atoms with Gasteiger partial charge < -0.3 is 5.32 Å². The van der Waals surface area contributed by atoms with Crippen molar-refractivity contribution >= 4 is 34.4 Å². The van der Waals surface area contributed by atoms with Crippen molar-refractivity contribution < 1.29 is 9.59 Å². The van der Waals surface area contributed by atoms with Crippen LogP contribution in [0.3, 0.4) is 0 Å². The van der Waals surface area contributed by atoms with Gasteiger partial charge in [-0.3, -0.25) is 9.59 Å². The van der Waals surface area contributed by atoms with Crippen molar-refractivity contribution in [3.63, 3.8) is 0 Å². The van der Waals surface area contributed by atoms with Gasteiger partial charge in [0.25, 0.3) is 5.91 Å². The SMILES string of the molecule is Cc1cc(-c2cccc(NC(=O)c3ccccc3)c2)n2ncc(C(=O)c3cccs3)c2n1. The molecule has 0 radical (unpaired) electrons. The zero-order valence-corrected chi connectivity index (χ0v) is 18.0. The molecule has 0 spiro atoms. The Morgan fingerprint density at radius 2 is 1.81 bits per heavy atom. The summed E-state index contributed by atoms with van der Waals surface area (Å²) in [6, 6.07) is 22.2. The number of thiophene rings is 1. The molecule has 32 heavy (non-hydrogen) atoms. The molecule has 3 aromatic heterocycles. The molecule has 0 saturated heterocycles. The Kier molecular flexibility index (Phi) is 5.09. The first-order valence-electron chi connectivity index (χ1n) is 10.0. The lowest BCUT2D eigenvalue weighted by atomic mass is 10.1. The van der Waals surface area contributed by atoms with Gasteiger partial charge in [0.15, 0.2) is 5.65 Å². The molecule has 0 aliphatic rings. The Balaban J connectivity index is 1.53. The van der Waals surface area contributed by atoms with Gasteiger partial charge in [0, 0.05) is 22.5 Å². The number of carbonyl (C=O) groups excluding carboxylic acids is 2. The standard InChI is InChI=1S/C25H18N4O2S/c1-16-13-21(29-24(27-16)20(15-26-29)23(30)22-11-6-12-32-22)18-9-5-10-19(14-18)28-25(31)17-7-3-2-4-8-17/h2-15H,1H3,(H,28,31). The summed E-state index contributed by atoms with van der Waals surface area (Å²) >= 11 is 1.39. The van der Waals surface area contributed by atoms with Crippen LogP contribution in [0.4, 0.5) is 5.69 Å². The van der Waals surface area contributed by atoms with Crippen molar-refractivity contribution in [2.24, 2.45) is 0 Å². The molecular formula is C25H18N4O2S. The highest BCUT2D eigenvalue weighted by Crippen LogP contribution is 2.26. The average Bonchev–Trinajstić information content (AvgIpc) is 3.49. The maximum atomic E-state index is 12.9. The third kappa shape index (κ3) is 3.70. The number of rotatable bonds is 5. The normalized spacial score (nSPS) is 10.9. The van der Waals surface area contributed by atoms with Crippen molar-refractivity contribution in [1.82, 2.24) is 14.6 Å². The second kappa shape index (κ2) is 8.20. The topological polar surface area (TPSA) is 76.4 Å². The molecule has 2 aromatic carbocycles. The first kappa shape index (κ1) is 19.8. The molecule has 0 saturated carbocycles. The lowest BCUT2D eigenvalue weighted by Crippen LogP contribution is -2.11. The van der Waals surface area contributed by atoms with E-state index in [2.05, 4.69) is 15.4 Å². The van der Waals surface area contributed by atoms with Crippen LogP contribution < -0.4 is 5.32 Å². The predicted octanol–water partition coefficient (Wildman–Crippen LogP) is 5.25. The molecule has 0 aliphatic heterocycles. The zero-order valence-electron chi connectivity index (χ0n) is 17.1. The van der Waals surface area contributed by atoms with Crippen molar-refractivity contribution in [3.8, 4) is 11.3 Å². The Morgan fingerprint density at radius 3 is 2.59 bits per heavy atom. The Hall–Kier alpha value is -4.10. The fraction of sp³-hybridized carbons (Fsp3) is 0.0400. The first-order valence-corrected chi connectivity index (χ1v) is 10.9. The molecule has 0 atom stereocenters. The Bertz CT molecular complexity index is 1440. The summed E-state index contributed by atoms with van der Waals surface area (Å²) in [5.74, 6) is -0.273. The van der Waals surface area contributed by atoms with Crippen LogP contribution in [0.2, 0.25) is 0 Å². The van der Waals surface area contributed by atoms with Crippen molar-refractivity contribution in [1.29, 1.82) is 0 Å². The van der Waals surface area contributed by atoms with E-state index in [9.17, 15) is 9.59 Å². The minimum atomic E-state index is -0.179.